The summed E-state index contributed by atoms with van der Waals surface area (Å²) in [6, 6.07) is 21.8. The number of hydrogen-bond acceptors (Lipinski definition) is 4. The van der Waals surface area contributed by atoms with Gasteiger partial charge in [0.25, 0.3) is 0 Å². The molecule has 1 saturated heterocycles. The summed E-state index contributed by atoms with van der Waals surface area (Å²) in [5, 5.41) is 6.73. The van der Waals surface area contributed by atoms with E-state index in [9.17, 15) is 0 Å². The molecular formula is C24H23N3O. The van der Waals surface area contributed by atoms with Crippen molar-refractivity contribution in [3.63, 3.8) is 0 Å². The Balaban J connectivity index is 1.27. The maximum absolute atomic E-state index is 5.29. The zero-order chi connectivity index (χ0) is 18.8. The van der Waals surface area contributed by atoms with E-state index in [1.807, 2.05) is 30.5 Å². The first-order chi connectivity index (χ1) is 13.9. The monoisotopic (exact) mass is 369 g/mol. The molecule has 1 aliphatic carbocycles. The van der Waals surface area contributed by atoms with Crippen molar-refractivity contribution >= 4 is 12.3 Å². The van der Waals surface area contributed by atoms with Gasteiger partial charge in [-0.2, -0.15) is 5.10 Å². The molecule has 0 amide bonds. The molecule has 1 fully saturated rings. The molecule has 0 N–H and O–H groups in total. The fourth-order valence-electron chi connectivity index (χ4n) is 4.26. The molecule has 2 aliphatic rings. The normalized spacial score (nSPS) is 17.5. The lowest BCUT2D eigenvalue weighted by Crippen LogP contribution is -2.45. The number of hydrazone groups is 1. The zero-order valence-corrected chi connectivity index (χ0v) is 15.7. The second kappa shape index (κ2) is 7.49. The molecule has 0 unspecified atom stereocenters. The summed E-state index contributed by atoms with van der Waals surface area (Å²) in [6.45, 7) is 3.89. The standard InChI is InChI=1S/C24H23N3O/c1-3-11-22-20(9-1)21-10-2-4-12-23(21)24(22)26-14-16-27(17-15-26)25-13-5-7-19-8-6-18-28-19/h1-13,18,24H,14-17H2. The molecule has 28 heavy (non-hydrogen) atoms. The van der Waals surface area contributed by atoms with E-state index < -0.39 is 0 Å². The highest BCUT2D eigenvalue weighted by atomic mass is 16.3. The summed E-state index contributed by atoms with van der Waals surface area (Å²) < 4.78 is 5.29. The molecule has 4 nitrogen and oxygen atoms in total. The van der Waals surface area contributed by atoms with Gasteiger partial charge in [-0.15, -0.1) is 0 Å². The molecule has 2 heterocycles. The van der Waals surface area contributed by atoms with Crippen LogP contribution in [0, 0.1) is 0 Å². The SMILES string of the molecule is C(=Cc1ccco1)C=NN1CCN(C2c3ccccc3-c3ccccc32)CC1. The van der Waals surface area contributed by atoms with Gasteiger partial charge >= 0.3 is 0 Å². The quantitative estimate of drug-likeness (QED) is 0.627. The number of fused-ring (bicyclic) bond motifs is 3. The Morgan fingerprint density at radius 2 is 1.50 bits per heavy atom. The third-order valence-corrected chi connectivity index (χ3v) is 5.58. The summed E-state index contributed by atoms with van der Waals surface area (Å²) in [7, 11) is 0. The van der Waals surface area contributed by atoms with Crippen molar-refractivity contribution in [2.75, 3.05) is 26.2 Å². The molecule has 0 saturated carbocycles. The summed E-state index contributed by atoms with van der Waals surface area (Å²) >= 11 is 0. The Bertz CT molecular complexity index is 953. The highest BCUT2D eigenvalue weighted by Gasteiger charge is 2.33. The van der Waals surface area contributed by atoms with Gasteiger partial charge in [-0.05, 0) is 46.5 Å². The highest BCUT2D eigenvalue weighted by molar-refractivity contribution is 5.78. The van der Waals surface area contributed by atoms with Gasteiger partial charge in [-0.1, -0.05) is 48.5 Å². The van der Waals surface area contributed by atoms with Gasteiger partial charge in [0.2, 0.25) is 0 Å². The van der Waals surface area contributed by atoms with Crippen molar-refractivity contribution in [1.82, 2.24) is 9.91 Å². The molecule has 3 aromatic rings. The minimum absolute atomic E-state index is 0.359. The average Bonchev–Trinajstić information content (AvgIpc) is 3.38. The Labute approximate surface area is 165 Å². The molecule has 2 aromatic carbocycles. The average molecular weight is 369 g/mol. The second-order valence-electron chi connectivity index (χ2n) is 7.21. The van der Waals surface area contributed by atoms with Crippen LogP contribution in [0.4, 0.5) is 0 Å². The molecule has 0 spiro atoms. The largest absolute Gasteiger partial charge is 0.465 e. The molecule has 0 radical (unpaired) electrons. The topological polar surface area (TPSA) is 32.0 Å². The van der Waals surface area contributed by atoms with Gasteiger partial charge < -0.3 is 4.42 Å². The van der Waals surface area contributed by atoms with E-state index in [1.165, 1.54) is 22.3 Å². The van der Waals surface area contributed by atoms with Crippen LogP contribution in [0.5, 0.6) is 0 Å². The number of allylic oxidation sites excluding steroid dienone is 1. The van der Waals surface area contributed by atoms with Crippen LogP contribution in [0.1, 0.15) is 22.9 Å². The first-order valence-electron chi connectivity index (χ1n) is 9.81. The Morgan fingerprint density at radius 1 is 0.821 bits per heavy atom. The van der Waals surface area contributed by atoms with E-state index in [4.69, 9.17) is 4.42 Å². The number of nitrogens with zero attached hydrogens (tertiary/aromatic N) is 3. The van der Waals surface area contributed by atoms with E-state index in [0.717, 1.165) is 31.9 Å². The van der Waals surface area contributed by atoms with Crippen LogP contribution in [-0.2, 0) is 0 Å². The molecule has 140 valence electrons. The Hall–Kier alpha value is -3.11. The predicted octanol–water partition coefficient (Wildman–Crippen LogP) is 4.67. The number of piperazine rings is 1. The van der Waals surface area contributed by atoms with Crippen molar-refractivity contribution in [2.24, 2.45) is 5.10 Å². The van der Waals surface area contributed by atoms with Gasteiger partial charge in [0.1, 0.15) is 5.76 Å². The summed E-state index contributed by atoms with van der Waals surface area (Å²) in [6.07, 6.45) is 7.37. The number of benzene rings is 2. The van der Waals surface area contributed by atoms with E-state index in [1.54, 1.807) is 6.26 Å². The van der Waals surface area contributed by atoms with Crippen molar-refractivity contribution in [2.45, 2.75) is 6.04 Å². The van der Waals surface area contributed by atoms with Crippen LogP contribution in [0.3, 0.4) is 0 Å². The van der Waals surface area contributed by atoms with Gasteiger partial charge in [0.05, 0.1) is 12.3 Å². The van der Waals surface area contributed by atoms with Crippen LogP contribution >= 0.6 is 0 Å². The molecule has 4 heteroatoms. The lowest BCUT2D eigenvalue weighted by Gasteiger charge is -2.37. The van der Waals surface area contributed by atoms with E-state index in [0.29, 0.717) is 6.04 Å². The third kappa shape index (κ3) is 3.16. The maximum atomic E-state index is 5.29. The van der Waals surface area contributed by atoms with E-state index >= 15 is 0 Å². The van der Waals surface area contributed by atoms with Gasteiger partial charge in [0, 0.05) is 32.4 Å². The first kappa shape index (κ1) is 17.0. The summed E-state index contributed by atoms with van der Waals surface area (Å²) in [4.78, 5) is 2.59. The molecular weight excluding hydrogens is 346 g/mol. The smallest absolute Gasteiger partial charge is 0.126 e. The molecule has 1 aliphatic heterocycles. The Kier molecular flexibility index (Phi) is 4.55. The van der Waals surface area contributed by atoms with Crippen LogP contribution in [0.15, 0.2) is 82.5 Å². The minimum Gasteiger partial charge on any atom is -0.465 e. The third-order valence-electron chi connectivity index (χ3n) is 5.58. The fraction of sp³-hybridized carbons (Fsp3) is 0.208. The van der Waals surface area contributed by atoms with Crippen LogP contribution in [0.25, 0.3) is 17.2 Å². The number of furan rings is 1. The first-order valence-corrected chi connectivity index (χ1v) is 9.81. The van der Waals surface area contributed by atoms with E-state index in [2.05, 4.69) is 63.5 Å². The Morgan fingerprint density at radius 3 is 2.14 bits per heavy atom. The summed E-state index contributed by atoms with van der Waals surface area (Å²) in [5.41, 5.74) is 5.63. The van der Waals surface area contributed by atoms with Gasteiger partial charge in [0.15, 0.2) is 0 Å². The lowest BCUT2D eigenvalue weighted by molar-refractivity contribution is 0.114. The van der Waals surface area contributed by atoms with Gasteiger partial charge in [-0.3, -0.25) is 9.91 Å². The molecule has 1 aromatic heterocycles. The van der Waals surface area contributed by atoms with Crippen molar-refractivity contribution < 1.29 is 4.42 Å². The van der Waals surface area contributed by atoms with Crippen molar-refractivity contribution in [3.05, 3.63) is 89.9 Å². The van der Waals surface area contributed by atoms with Crippen molar-refractivity contribution in [1.29, 1.82) is 0 Å². The summed E-state index contributed by atoms with van der Waals surface area (Å²) in [5.74, 6) is 0.842. The minimum atomic E-state index is 0.359. The van der Waals surface area contributed by atoms with Crippen LogP contribution < -0.4 is 0 Å². The second-order valence-corrected chi connectivity index (χ2v) is 7.21. The molecule has 0 atom stereocenters. The molecule has 5 rings (SSSR count). The van der Waals surface area contributed by atoms with E-state index in [-0.39, 0.29) is 0 Å². The van der Waals surface area contributed by atoms with Crippen LogP contribution in [0.2, 0.25) is 0 Å². The maximum Gasteiger partial charge on any atom is 0.126 e. The number of rotatable bonds is 4. The van der Waals surface area contributed by atoms with Crippen molar-refractivity contribution in [3.8, 4) is 11.1 Å². The number of hydrogen-bond donors (Lipinski definition) is 0. The molecule has 0 bridgehead atoms. The highest BCUT2D eigenvalue weighted by Crippen LogP contribution is 2.46. The van der Waals surface area contributed by atoms with Gasteiger partial charge in [-0.25, -0.2) is 0 Å². The fourth-order valence-corrected chi connectivity index (χ4v) is 4.26. The van der Waals surface area contributed by atoms with Crippen LogP contribution in [-0.4, -0.2) is 42.3 Å². The zero-order valence-electron chi connectivity index (χ0n) is 15.7. The lowest BCUT2D eigenvalue weighted by atomic mass is 10.0. The predicted molar refractivity (Wildman–Crippen MR) is 113 cm³/mol.